The summed E-state index contributed by atoms with van der Waals surface area (Å²) in [4.78, 5) is 38.9. The van der Waals surface area contributed by atoms with E-state index in [4.69, 9.17) is 4.74 Å². The Balaban J connectivity index is 1.77. The van der Waals surface area contributed by atoms with Gasteiger partial charge in [-0.25, -0.2) is 4.79 Å². The number of carbonyl (C=O) groups is 1. The maximum absolute atomic E-state index is 12.7. The second kappa shape index (κ2) is 9.09. The lowest BCUT2D eigenvalue weighted by Gasteiger charge is -2.30. The molecule has 156 valence electrons. The molecule has 1 aromatic carbocycles. The van der Waals surface area contributed by atoms with Crippen molar-refractivity contribution in [3.8, 4) is 5.75 Å². The van der Waals surface area contributed by atoms with Gasteiger partial charge >= 0.3 is 5.69 Å². The molecule has 1 atom stereocenters. The minimum absolute atomic E-state index is 0.140. The maximum atomic E-state index is 12.7. The van der Waals surface area contributed by atoms with Gasteiger partial charge in [0.1, 0.15) is 11.6 Å². The highest BCUT2D eigenvalue weighted by Gasteiger charge is 2.25. The number of hydrogen-bond acceptors (Lipinski definition) is 5. The second-order valence-electron chi connectivity index (χ2n) is 7.43. The molecule has 29 heavy (non-hydrogen) atoms. The summed E-state index contributed by atoms with van der Waals surface area (Å²) in [6, 6.07) is 9.38. The molecule has 0 aliphatic carbocycles. The molecule has 2 aromatic rings. The Bertz CT molecular complexity index is 978. The fourth-order valence-electron chi connectivity index (χ4n) is 3.78. The fraction of sp³-hybridized carbons (Fsp3) is 0.476. The van der Waals surface area contributed by atoms with Gasteiger partial charge in [-0.05, 0) is 37.1 Å². The number of hydrogen-bond donors (Lipinski definition) is 1. The van der Waals surface area contributed by atoms with Crippen LogP contribution in [0.25, 0.3) is 0 Å². The Hall–Kier alpha value is -2.87. The molecule has 8 nitrogen and oxygen atoms in total. The first-order valence-electron chi connectivity index (χ1n) is 9.85. The maximum Gasteiger partial charge on any atom is 0.332 e. The smallest absolute Gasteiger partial charge is 0.332 e. The minimum atomic E-state index is -0.473. The summed E-state index contributed by atoms with van der Waals surface area (Å²) in [6.45, 7) is 1.01. The first kappa shape index (κ1) is 20.9. The monoisotopic (exact) mass is 400 g/mol. The van der Waals surface area contributed by atoms with E-state index < -0.39 is 11.2 Å². The zero-order valence-corrected chi connectivity index (χ0v) is 17.2. The number of nitrogens with zero attached hydrogens (tertiary/aromatic N) is 3. The lowest BCUT2D eigenvalue weighted by molar-refractivity contribution is -0.117. The van der Waals surface area contributed by atoms with Gasteiger partial charge in [0.25, 0.3) is 5.56 Å². The lowest BCUT2D eigenvalue weighted by Crippen LogP contribution is -2.40. The van der Waals surface area contributed by atoms with Crippen molar-refractivity contribution in [3.63, 3.8) is 0 Å². The predicted octanol–water partition coefficient (Wildman–Crippen LogP) is 1.65. The molecule has 1 aromatic heterocycles. The quantitative estimate of drug-likeness (QED) is 0.825. The van der Waals surface area contributed by atoms with Crippen molar-refractivity contribution in [1.29, 1.82) is 0 Å². The molecule has 1 aliphatic heterocycles. The Labute approximate surface area is 169 Å². The van der Waals surface area contributed by atoms with Gasteiger partial charge in [0.05, 0.1) is 13.7 Å². The summed E-state index contributed by atoms with van der Waals surface area (Å²) in [6.07, 6.45) is 4.25. The summed E-state index contributed by atoms with van der Waals surface area (Å²) in [5.74, 6) is 0.769. The highest BCUT2D eigenvalue weighted by atomic mass is 16.5. The van der Waals surface area contributed by atoms with Crippen molar-refractivity contribution in [3.05, 3.63) is 56.7 Å². The number of benzene rings is 1. The average molecular weight is 400 g/mol. The Morgan fingerprint density at radius 2 is 1.83 bits per heavy atom. The Kier molecular flexibility index (Phi) is 6.53. The van der Waals surface area contributed by atoms with Crippen LogP contribution >= 0.6 is 0 Å². The topological polar surface area (TPSA) is 85.6 Å². The largest absolute Gasteiger partial charge is 0.497 e. The number of carbonyl (C=O) groups excluding carboxylic acids is 1. The number of ether oxygens (including phenoxy) is 1. The van der Waals surface area contributed by atoms with Gasteiger partial charge < -0.3 is 10.1 Å². The molecular weight excluding hydrogens is 372 g/mol. The molecule has 3 rings (SSSR count). The normalized spacial score (nSPS) is 17.6. The third-order valence-corrected chi connectivity index (χ3v) is 5.50. The highest BCUT2D eigenvalue weighted by molar-refractivity contribution is 5.91. The number of methoxy groups -OCH3 is 1. The van der Waals surface area contributed by atoms with Crippen molar-refractivity contribution in [2.75, 3.05) is 25.5 Å². The molecule has 0 unspecified atom stereocenters. The van der Waals surface area contributed by atoms with Crippen LogP contribution in [-0.4, -0.2) is 40.1 Å². The molecule has 8 heteroatoms. The lowest BCUT2D eigenvalue weighted by atomic mass is 10.0. The molecule has 1 saturated heterocycles. The average Bonchev–Trinajstić information content (AvgIpc) is 2.96. The molecule has 0 radical (unpaired) electrons. The van der Waals surface area contributed by atoms with Crippen LogP contribution in [0.5, 0.6) is 5.75 Å². The molecule has 1 amide bonds. The number of likely N-dealkylation sites (tertiary alicyclic amines) is 1. The third-order valence-electron chi connectivity index (χ3n) is 5.50. The molecular formula is C21H28N4O4. The van der Waals surface area contributed by atoms with Crippen LogP contribution in [0.3, 0.4) is 0 Å². The van der Waals surface area contributed by atoms with E-state index in [1.165, 1.54) is 24.7 Å². The predicted molar refractivity (Wildman–Crippen MR) is 111 cm³/mol. The van der Waals surface area contributed by atoms with Crippen molar-refractivity contribution in [1.82, 2.24) is 14.0 Å². The molecule has 0 saturated carbocycles. The molecule has 1 N–H and O–H groups in total. The fourth-order valence-corrected chi connectivity index (χ4v) is 3.78. The van der Waals surface area contributed by atoms with Crippen LogP contribution in [0.4, 0.5) is 5.82 Å². The molecule has 2 heterocycles. The number of aromatic nitrogens is 2. The number of rotatable bonds is 5. The Morgan fingerprint density at radius 3 is 2.52 bits per heavy atom. The van der Waals surface area contributed by atoms with Gasteiger partial charge in [0.15, 0.2) is 0 Å². The number of amides is 1. The van der Waals surface area contributed by atoms with Crippen molar-refractivity contribution in [2.45, 2.75) is 31.7 Å². The van der Waals surface area contributed by atoms with Gasteiger partial charge in [-0.2, -0.15) is 0 Å². The standard InChI is InChI=1S/C21H28N4O4/c1-23-18(13-20(27)24(2)21(23)28)22-19(26)14-25-12-6-4-5-7-17(25)15-8-10-16(29-3)11-9-15/h8-11,13,17H,4-7,12,14H2,1-3H3,(H,22,26)/t17-/m1/s1. The van der Waals surface area contributed by atoms with E-state index in [2.05, 4.69) is 10.2 Å². The van der Waals surface area contributed by atoms with Gasteiger partial charge in [-0.15, -0.1) is 0 Å². The second-order valence-corrected chi connectivity index (χ2v) is 7.43. The summed E-state index contributed by atoms with van der Waals surface area (Å²) in [5, 5.41) is 2.73. The van der Waals surface area contributed by atoms with E-state index in [1.807, 2.05) is 24.3 Å². The van der Waals surface area contributed by atoms with Crippen LogP contribution in [0.1, 0.15) is 37.3 Å². The summed E-state index contributed by atoms with van der Waals surface area (Å²) in [5.41, 5.74) is 0.231. The summed E-state index contributed by atoms with van der Waals surface area (Å²) < 4.78 is 7.52. The van der Waals surface area contributed by atoms with Crippen LogP contribution in [-0.2, 0) is 18.9 Å². The van der Waals surface area contributed by atoms with Gasteiger partial charge in [0, 0.05) is 26.2 Å². The zero-order chi connectivity index (χ0) is 21.0. The molecule has 1 fully saturated rings. The third kappa shape index (κ3) is 4.76. The van der Waals surface area contributed by atoms with E-state index in [-0.39, 0.29) is 24.3 Å². The van der Waals surface area contributed by atoms with E-state index in [1.54, 1.807) is 7.11 Å². The van der Waals surface area contributed by atoms with E-state index >= 15 is 0 Å². The van der Waals surface area contributed by atoms with E-state index in [9.17, 15) is 14.4 Å². The number of nitrogens with one attached hydrogen (secondary N) is 1. The summed E-state index contributed by atoms with van der Waals surface area (Å²) >= 11 is 0. The highest BCUT2D eigenvalue weighted by Crippen LogP contribution is 2.31. The SMILES string of the molecule is COc1ccc([C@H]2CCCCCN2CC(=O)Nc2cc(=O)n(C)c(=O)n2C)cc1. The van der Waals surface area contributed by atoms with Crippen molar-refractivity contribution >= 4 is 11.7 Å². The van der Waals surface area contributed by atoms with E-state index in [0.717, 1.165) is 48.1 Å². The van der Waals surface area contributed by atoms with Crippen LogP contribution in [0.15, 0.2) is 39.9 Å². The van der Waals surface area contributed by atoms with Crippen molar-refractivity contribution < 1.29 is 9.53 Å². The molecule has 1 aliphatic rings. The Morgan fingerprint density at radius 1 is 1.10 bits per heavy atom. The van der Waals surface area contributed by atoms with Crippen molar-refractivity contribution in [2.24, 2.45) is 14.1 Å². The van der Waals surface area contributed by atoms with Gasteiger partial charge in [0.2, 0.25) is 5.91 Å². The van der Waals surface area contributed by atoms with Crippen LogP contribution < -0.4 is 21.3 Å². The number of anilines is 1. The first-order chi connectivity index (χ1) is 13.9. The zero-order valence-electron chi connectivity index (χ0n) is 17.2. The van der Waals surface area contributed by atoms with Gasteiger partial charge in [-0.1, -0.05) is 25.0 Å². The summed E-state index contributed by atoms with van der Waals surface area (Å²) in [7, 11) is 4.58. The molecule has 0 bridgehead atoms. The molecule has 0 spiro atoms. The van der Waals surface area contributed by atoms with E-state index in [0.29, 0.717) is 0 Å². The van der Waals surface area contributed by atoms with Gasteiger partial charge in [-0.3, -0.25) is 23.6 Å². The minimum Gasteiger partial charge on any atom is -0.497 e. The van der Waals surface area contributed by atoms with Crippen LogP contribution in [0.2, 0.25) is 0 Å². The van der Waals surface area contributed by atoms with Crippen LogP contribution in [0, 0.1) is 0 Å². The first-order valence-corrected chi connectivity index (χ1v) is 9.85.